The number of carbonyl (C=O) groups is 2. The monoisotopic (exact) mass is 270 g/mol. The van der Waals surface area contributed by atoms with E-state index in [1.165, 1.54) is 19.8 Å². The van der Waals surface area contributed by atoms with E-state index in [1.54, 1.807) is 4.90 Å². The van der Waals surface area contributed by atoms with Crippen LogP contribution in [-0.2, 0) is 9.59 Å². The van der Waals surface area contributed by atoms with Gasteiger partial charge < -0.3 is 14.9 Å². The Morgan fingerprint density at radius 2 is 1.63 bits per heavy atom. The maximum Gasteiger partial charge on any atom is 0.251 e. The molecule has 1 aliphatic heterocycles. The standard InChI is InChI=1S/C14H26N2O3/c1-3-4-5-6-7-13(18)15-8-10-16(11-9-15)14(19)12(2)17/h12,17H,3-11H2,1-2H3. The number of aliphatic hydroxyl groups excluding tert-OH is 1. The highest BCUT2D eigenvalue weighted by atomic mass is 16.3. The zero-order valence-electron chi connectivity index (χ0n) is 12.1. The van der Waals surface area contributed by atoms with Crippen molar-refractivity contribution in [3.63, 3.8) is 0 Å². The van der Waals surface area contributed by atoms with E-state index in [1.807, 2.05) is 4.90 Å². The third-order valence-electron chi connectivity index (χ3n) is 3.55. The van der Waals surface area contributed by atoms with Gasteiger partial charge in [0.1, 0.15) is 6.10 Å². The fourth-order valence-electron chi connectivity index (χ4n) is 2.30. The Kier molecular flexibility index (Phi) is 6.84. The van der Waals surface area contributed by atoms with Crippen LogP contribution in [0.1, 0.15) is 46.0 Å². The van der Waals surface area contributed by atoms with Crippen molar-refractivity contribution in [1.29, 1.82) is 0 Å². The van der Waals surface area contributed by atoms with Crippen molar-refractivity contribution in [2.75, 3.05) is 26.2 Å². The Morgan fingerprint density at radius 3 is 2.16 bits per heavy atom. The maximum atomic E-state index is 11.9. The number of carbonyl (C=O) groups excluding carboxylic acids is 2. The molecule has 5 nitrogen and oxygen atoms in total. The van der Waals surface area contributed by atoms with E-state index >= 15 is 0 Å². The molecular weight excluding hydrogens is 244 g/mol. The van der Waals surface area contributed by atoms with Crippen LogP contribution in [0.25, 0.3) is 0 Å². The highest BCUT2D eigenvalue weighted by Gasteiger charge is 2.25. The lowest BCUT2D eigenvalue weighted by Gasteiger charge is -2.35. The van der Waals surface area contributed by atoms with Crippen molar-refractivity contribution < 1.29 is 14.7 Å². The SMILES string of the molecule is CCCCCCC(=O)N1CCN(C(=O)C(C)O)CC1. The van der Waals surface area contributed by atoms with Crippen LogP contribution >= 0.6 is 0 Å². The van der Waals surface area contributed by atoms with Gasteiger partial charge in [0.05, 0.1) is 0 Å². The topological polar surface area (TPSA) is 60.9 Å². The molecule has 1 atom stereocenters. The van der Waals surface area contributed by atoms with Gasteiger partial charge in [-0.25, -0.2) is 0 Å². The van der Waals surface area contributed by atoms with Gasteiger partial charge in [0.25, 0.3) is 5.91 Å². The van der Waals surface area contributed by atoms with Crippen molar-refractivity contribution in [2.24, 2.45) is 0 Å². The summed E-state index contributed by atoms with van der Waals surface area (Å²) in [6.07, 6.45) is 4.10. The molecule has 19 heavy (non-hydrogen) atoms. The summed E-state index contributed by atoms with van der Waals surface area (Å²) >= 11 is 0. The fraction of sp³-hybridized carbons (Fsp3) is 0.857. The van der Waals surface area contributed by atoms with E-state index in [-0.39, 0.29) is 11.8 Å². The van der Waals surface area contributed by atoms with E-state index < -0.39 is 6.10 Å². The molecule has 110 valence electrons. The second-order valence-corrected chi connectivity index (χ2v) is 5.19. The van der Waals surface area contributed by atoms with Gasteiger partial charge in [0.15, 0.2) is 0 Å². The Hall–Kier alpha value is -1.10. The van der Waals surface area contributed by atoms with Gasteiger partial charge in [-0.3, -0.25) is 9.59 Å². The Bertz CT molecular complexity index is 297. The molecule has 0 aliphatic carbocycles. The molecule has 0 spiro atoms. The number of nitrogens with zero attached hydrogens (tertiary/aromatic N) is 2. The number of unbranched alkanes of at least 4 members (excludes halogenated alkanes) is 3. The Morgan fingerprint density at radius 1 is 1.05 bits per heavy atom. The third kappa shape index (κ3) is 5.19. The summed E-state index contributed by atoms with van der Waals surface area (Å²) in [5, 5.41) is 9.24. The normalized spacial score (nSPS) is 17.4. The summed E-state index contributed by atoms with van der Waals surface area (Å²) in [6.45, 7) is 5.87. The number of hydrogen-bond acceptors (Lipinski definition) is 3. The zero-order valence-corrected chi connectivity index (χ0v) is 12.1. The van der Waals surface area contributed by atoms with E-state index in [9.17, 15) is 14.7 Å². The van der Waals surface area contributed by atoms with Gasteiger partial charge >= 0.3 is 0 Å². The van der Waals surface area contributed by atoms with Crippen LogP contribution in [0.15, 0.2) is 0 Å². The van der Waals surface area contributed by atoms with Crippen LogP contribution in [0, 0.1) is 0 Å². The molecule has 0 radical (unpaired) electrons. The molecule has 0 bridgehead atoms. The second-order valence-electron chi connectivity index (χ2n) is 5.19. The number of rotatable bonds is 6. The maximum absolute atomic E-state index is 11.9. The van der Waals surface area contributed by atoms with Crippen LogP contribution in [0.4, 0.5) is 0 Å². The first-order chi connectivity index (χ1) is 9.06. The van der Waals surface area contributed by atoms with Gasteiger partial charge in [-0.15, -0.1) is 0 Å². The molecule has 1 heterocycles. The fourth-order valence-corrected chi connectivity index (χ4v) is 2.30. The smallest absolute Gasteiger partial charge is 0.251 e. The van der Waals surface area contributed by atoms with Crippen molar-refractivity contribution in [2.45, 2.75) is 52.1 Å². The molecule has 1 fully saturated rings. The highest BCUT2D eigenvalue weighted by molar-refractivity contribution is 5.81. The van der Waals surface area contributed by atoms with Gasteiger partial charge in [-0.2, -0.15) is 0 Å². The lowest BCUT2D eigenvalue weighted by molar-refractivity contribution is -0.144. The molecule has 5 heteroatoms. The minimum absolute atomic E-state index is 0.195. The molecule has 0 saturated carbocycles. The number of aliphatic hydroxyl groups is 1. The zero-order chi connectivity index (χ0) is 14.3. The second kappa shape index (κ2) is 8.15. The average molecular weight is 270 g/mol. The molecule has 0 aromatic carbocycles. The Labute approximate surface area is 115 Å². The molecule has 0 aromatic rings. The summed E-state index contributed by atoms with van der Waals surface area (Å²) in [5.41, 5.74) is 0. The third-order valence-corrected chi connectivity index (χ3v) is 3.55. The number of amides is 2. The molecule has 1 unspecified atom stereocenters. The van der Waals surface area contributed by atoms with Gasteiger partial charge in [0, 0.05) is 32.6 Å². The lowest BCUT2D eigenvalue weighted by Crippen LogP contribution is -2.52. The molecule has 1 N–H and O–H groups in total. The first-order valence-corrected chi connectivity index (χ1v) is 7.31. The quantitative estimate of drug-likeness (QED) is 0.733. The van der Waals surface area contributed by atoms with Crippen LogP contribution in [0.3, 0.4) is 0 Å². The summed E-state index contributed by atoms with van der Waals surface area (Å²) < 4.78 is 0. The van der Waals surface area contributed by atoms with Crippen molar-refractivity contribution in [1.82, 2.24) is 9.80 Å². The predicted molar refractivity (Wildman–Crippen MR) is 73.6 cm³/mol. The first-order valence-electron chi connectivity index (χ1n) is 7.31. The number of hydrogen-bond donors (Lipinski definition) is 1. The number of piperazine rings is 1. The molecule has 0 aromatic heterocycles. The summed E-state index contributed by atoms with van der Waals surface area (Å²) in [4.78, 5) is 27.0. The van der Waals surface area contributed by atoms with Crippen LogP contribution in [0.2, 0.25) is 0 Å². The van der Waals surface area contributed by atoms with Crippen molar-refractivity contribution in [3.8, 4) is 0 Å². The minimum atomic E-state index is -0.948. The Balaban J connectivity index is 2.25. The van der Waals surface area contributed by atoms with E-state index in [4.69, 9.17) is 0 Å². The summed E-state index contributed by atoms with van der Waals surface area (Å²) in [5.74, 6) is -0.0460. The summed E-state index contributed by atoms with van der Waals surface area (Å²) in [6, 6.07) is 0. The van der Waals surface area contributed by atoms with Crippen LogP contribution in [0.5, 0.6) is 0 Å². The minimum Gasteiger partial charge on any atom is -0.384 e. The lowest BCUT2D eigenvalue weighted by atomic mass is 10.1. The highest BCUT2D eigenvalue weighted by Crippen LogP contribution is 2.09. The van der Waals surface area contributed by atoms with Crippen LogP contribution < -0.4 is 0 Å². The van der Waals surface area contributed by atoms with Gasteiger partial charge in [-0.05, 0) is 13.3 Å². The van der Waals surface area contributed by atoms with E-state index in [0.717, 1.165) is 12.8 Å². The predicted octanol–water partition coefficient (Wildman–Crippen LogP) is 1.01. The molecule has 1 aliphatic rings. The van der Waals surface area contributed by atoms with E-state index in [2.05, 4.69) is 6.92 Å². The average Bonchev–Trinajstić information content (AvgIpc) is 2.42. The molecule has 1 saturated heterocycles. The first kappa shape index (κ1) is 16.0. The molecule has 2 amide bonds. The van der Waals surface area contributed by atoms with Gasteiger partial charge in [0.2, 0.25) is 5.91 Å². The molecular formula is C14H26N2O3. The summed E-state index contributed by atoms with van der Waals surface area (Å²) in [7, 11) is 0. The largest absolute Gasteiger partial charge is 0.384 e. The van der Waals surface area contributed by atoms with Crippen LogP contribution in [-0.4, -0.2) is 59.0 Å². The van der Waals surface area contributed by atoms with E-state index in [0.29, 0.717) is 32.6 Å². The van der Waals surface area contributed by atoms with Crippen molar-refractivity contribution in [3.05, 3.63) is 0 Å². The van der Waals surface area contributed by atoms with Crippen molar-refractivity contribution >= 4 is 11.8 Å². The van der Waals surface area contributed by atoms with Gasteiger partial charge in [-0.1, -0.05) is 26.2 Å². The molecule has 1 rings (SSSR count).